The molecule has 1 atom stereocenters. The van der Waals surface area contributed by atoms with Gasteiger partial charge in [0.2, 0.25) is 5.91 Å². The van der Waals surface area contributed by atoms with Crippen molar-refractivity contribution < 1.29 is 9.90 Å². The summed E-state index contributed by atoms with van der Waals surface area (Å²) in [6.07, 6.45) is -0.784. The normalized spacial score (nSPS) is 12.3. The molecule has 25 heavy (non-hydrogen) atoms. The number of carbonyl (C=O) groups excluding carboxylic acids is 1. The molecule has 2 N–H and O–H groups in total. The highest BCUT2D eigenvalue weighted by molar-refractivity contribution is 5.80. The molecule has 6 heteroatoms. The van der Waals surface area contributed by atoms with Crippen molar-refractivity contribution in [3.05, 3.63) is 70.1 Å². The summed E-state index contributed by atoms with van der Waals surface area (Å²) in [4.78, 5) is 24.5. The predicted octanol–water partition coefficient (Wildman–Crippen LogP) is 1.50. The van der Waals surface area contributed by atoms with Gasteiger partial charge < -0.3 is 10.4 Å². The lowest BCUT2D eigenvalue weighted by Crippen LogP contribution is -2.34. The van der Waals surface area contributed by atoms with Gasteiger partial charge in [0, 0.05) is 13.6 Å². The van der Waals surface area contributed by atoms with Crippen molar-refractivity contribution in [1.29, 1.82) is 0 Å². The Morgan fingerprint density at radius 2 is 1.76 bits per heavy atom. The van der Waals surface area contributed by atoms with Crippen LogP contribution >= 0.6 is 0 Å². The van der Waals surface area contributed by atoms with E-state index >= 15 is 0 Å². The van der Waals surface area contributed by atoms with E-state index in [4.69, 9.17) is 0 Å². The zero-order valence-corrected chi connectivity index (χ0v) is 14.3. The number of fused-ring (bicyclic) bond motifs is 1. The van der Waals surface area contributed by atoms with Crippen molar-refractivity contribution in [2.75, 3.05) is 6.54 Å². The number of aromatic nitrogens is 2. The Bertz CT molecular complexity index is 954. The Morgan fingerprint density at radius 1 is 1.12 bits per heavy atom. The average molecular weight is 339 g/mol. The molecule has 1 heterocycles. The van der Waals surface area contributed by atoms with E-state index in [0.717, 1.165) is 16.6 Å². The quantitative estimate of drug-likeness (QED) is 0.740. The summed E-state index contributed by atoms with van der Waals surface area (Å²) in [5.74, 6) is -0.315. The number of nitrogens with one attached hydrogen (secondary N) is 1. The minimum absolute atomic E-state index is 0.0825. The van der Waals surface area contributed by atoms with E-state index < -0.39 is 6.10 Å². The standard InChI is InChI=1S/C19H21N3O3/c1-13-7-9-14(10-8-13)17(23)11-20-18(24)12-22-16-6-4-3-5-15(16)21(2)19(22)25/h3-10,17,23H,11-12H2,1-2H3,(H,20,24)/t17-/m0/s1. The molecule has 0 aliphatic rings. The summed E-state index contributed by atoms with van der Waals surface area (Å²) in [5.41, 5.74) is 3.10. The maximum atomic E-state index is 12.3. The maximum Gasteiger partial charge on any atom is 0.329 e. The van der Waals surface area contributed by atoms with Crippen LogP contribution in [0.5, 0.6) is 0 Å². The smallest absolute Gasteiger partial charge is 0.329 e. The number of carbonyl (C=O) groups is 1. The van der Waals surface area contributed by atoms with Gasteiger partial charge >= 0.3 is 5.69 Å². The van der Waals surface area contributed by atoms with Crippen molar-refractivity contribution in [3.63, 3.8) is 0 Å². The molecule has 0 saturated heterocycles. The summed E-state index contributed by atoms with van der Waals surface area (Å²) in [6.45, 7) is 1.99. The number of aliphatic hydroxyl groups is 1. The van der Waals surface area contributed by atoms with Crippen molar-refractivity contribution in [1.82, 2.24) is 14.5 Å². The lowest BCUT2D eigenvalue weighted by Gasteiger charge is -2.13. The third kappa shape index (κ3) is 3.49. The average Bonchev–Trinajstić information content (AvgIpc) is 2.85. The topological polar surface area (TPSA) is 76.3 Å². The van der Waals surface area contributed by atoms with E-state index in [1.165, 1.54) is 9.13 Å². The summed E-state index contributed by atoms with van der Waals surface area (Å²) < 4.78 is 2.95. The molecule has 0 spiro atoms. The highest BCUT2D eigenvalue weighted by Gasteiger charge is 2.14. The fourth-order valence-corrected chi connectivity index (χ4v) is 2.83. The van der Waals surface area contributed by atoms with Gasteiger partial charge in [-0.25, -0.2) is 4.79 Å². The number of aliphatic hydroxyl groups excluding tert-OH is 1. The molecule has 3 aromatic rings. The molecular weight excluding hydrogens is 318 g/mol. The van der Waals surface area contributed by atoms with Gasteiger partial charge in [0.25, 0.3) is 0 Å². The van der Waals surface area contributed by atoms with Crippen molar-refractivity contribution in [2.45, 2.75) is 19.6 Å². The first-order valence-corrected chi connectivity index (χ1v) is 8.13. The SMILES string of the molecule is Cc1ccc([C@@H](O)CNC(=O)Cn2c(=O)n(C)c3ccccc32)cc1. The van der Waals surface area contributed by atoms with Crippen LogP contribution in [0.25, 0.3) is 11.0 Å². The lowest BCUT2D eigenvalue weighted by molar-refractivity contribution is -0.122. The molecule has 0 bridgehead atoms. The van der Waals surface area contributed by atoms with E-state index in [1.54, 1.807) is 7.05 Å². The van der Waals surface area contributed by atoms with E-state index in [9.17, 15) is 14.7 Å². The van der Waals surface area contributed by atoms with E-state index in [1.807, 2.05) is 55.5 Å². The number of amides is 1. The molecule has 130 valence electrons. The number of imidazole rings is 1. The van der Waals surface area contributed by atoms with E-state index in [2.05, 4.69) is 5.32 Å². The number of para-hydroxylation sites is 2. The largest absolute Gasteiger partial charge is 0.387 e. The number of rotatable bonds is 5. The van der Waals surface area contributed by atoms with Gasteiger partial charge in [-0.2, -0.15) is 0 Å². The van der Waals surface area contributed by atoms with Gasteiger partial charge in [-0.15, -0.1) is 0 Å². The van der Waals surface area contributed by atoms with Gasteiger partial charge in [0.05, 0.1) is 17.1 Å². The lowest BCUT2D eigenvalue weighted by atomic mass is 10.1. The van der Waals surface area contributed by atoms with Crippen molar-refractivity contribution in [2.24, 2.45) is 7.05 Å². The molecule has 0 aliphatic heterocycles. The summed E-state index contributed by atoms with van der Waals surface area (Å²) in [7, 11) is 1.68. The highest BCUT2D eigenvalue weighted by atomic mass is 16.3. The van der Waals surface area contributed by atoms with Crippen LogP contribution in [-0.2, 0) is 18.4 Å². The van der Waals surface area contributed by atoms with Crippen LogP contribution in [0.4, 0.5) is 0 Å². The molecule has 6 nitrogen and oxygen atoms in total. The van der Waals surface area contributed by atoms with Gasteiger partial charge in [0.1, 0.15) is 6.54 Å². The van der Waals surface area contributed by atoms with Crippen LogP contribution in [0.2, 0.25) is 0 Å². The Kier molecular flexibility index (Phi) is 4.72. The van der Waals surface area contributed by atoms with Crippen LogP contribution in [0.1, 0.15) is 17.2 Å². The molecule has 0 fully saturated rings. The maximum absolute atomic E-state index is 12.3. The Hall–Kier alpha value is -2.86. The zero-order valence-electron chi connectivity index (χ0n) is 14.3. The number of nitrogens with zero attached hydrogens (tertiary/aromatic N) is 2. The zero-order chi connectivity index (χ0) is 18.0. The molecule has 0 radical (unpaired) electrons. The second-order valence-electron chi connectivity index (χ2n) is 6.15. The molecule has 0 unspecified atom stereocenters. The number of hydrogen-bond acceptors (Lipinski definition) is 3. The van der Waals surface area contributed by atoms with Crippen LogP contribution < -0.4 is 11.0 Å². The van der Waals surface area contributed by atoms with Crippen LogP contribution in [-0.4, -0.2) is 26.7 Å². The summed E-state index contributed by atoms with van der Waals surface area (Å²) in [6, 6.07) is 14.8. The first-order chi connectivity index (χ1) is 12.0. The highest BCUT2D eigenvalue weighted by Crippen LogP contribution is 2.13. The molecule has 0 saturated carbocycles. The van der Waals surface area contributed by atoms with Gasteiger partial charge in [-0.1, -0.05) is 42.0 Å². The van der Waals surface area contributed by atoms with Gasteiger partial charge in [-0.05, 0) is 24.6 Å². The number of hydrogen-bond donors (Lipinski definition) is 2. The molecular formula is C19H21N3O3. The molecule has 1 amide bonds. The third-order valence-corrected chi connectivity index (χ3v) is 4.31. The Morgan fingerprint density at radius 3 is 2.44 bits per heavy atom. The van der Waals surface area contributed by atoms with Crippen molar-refractivity contribution >= 4 is 16.9 Å². The van der Waals surface area contributed by atoms with Gasteiger partial charge in [0.15, 0.2) is 0 Å². The Labute approximate surface area is 145 Å². The second-order valence-corrected chi connectivity index (χ2v) is 6.15. The summed E-state index contributed by atoms with van der Waals surface area (Å²) >= 11 is 0. The molecule has 0 aliphatic carbocycles. The monoisotopic (exact) mass is 339 g/mol. The third-order valence-electron chi connectivity index (χ3n) is 4.31. The van der Waals surface area contributed by atoms with E-state index in [-0.39, 0.29) is 24.7 Å². The minimum Gasteiger partial charge on any atom is -0.387 e. The molecule has 1 aromatic heterocycles. The van der Waals surface area contributed by atoms with Crippen LogP contribution in [0, 0.1) is 6.92 Å². The predicted molar refractivity (Wildman–Crippen MR) is 96.3 cm³/mol. The van der Waals surface area contributed by atoms with Crippen molar-refractivity contribution in [3.8, 4) is 0 Å². The van der Waals surface area contributed by atoms with Crippen LogP contribution in [0.15, 0.2) is 53.3 Å². The molecule has 2 aromatic carbocycles. The fourth-order valence-electron chi connectivity index (χ4n) is 2.83. The van der Waals surface area contributed by atoms with E-state index in [0.29, 0.717) is 5.52 Å². The van der Waals surface area contributed by atoms with Crippen LogP contribution in [0.3, 0.4) is 0 Å². The number of aryl methyl sites for hydroxylation is 2. The van der Waals surface area contributed by atoms with Gasteiger partial charge in [-0.3, -0.25) is 13.9 Å². The Balaban J connectivity index is 1.68. The minimum atomic E-state index is -0.784. The second kappa shape index (κ2) is 6.94. The first kappa shape index (κ1) is 17.0. The molecule has 3 rings (SSSR count). The fraction of sp³-hybridized carbons (Fsp3) is 0.263. The first-order valence-electron chi connectivity index (χ1n) is 8.13. The number of benzene rings is 2. The summed E-state index contributed by atoms with van der Waals surface area (Å²) in [5, 5.41) is 12.9.